The Hall–Kier alpha value is -1.17. The van der Waals surface area contributed by atoms with Crippen molar-refractivity contribution in [1.82, 2.24) is 9.38 Å². The normalized spacial score (nSPS) is 13.3. The first kappa shape index (κ1) is 10.0. The van der Waals surface area contributed by atoms with Gasteiger partial charge in [-0.3, -0.25) is 4.40 Å². The van der Waals surface area contributed by atoms with Crippen LogP contribution in [0, 0.1) is 0 Å². The lowest BCUT2D eigenvalue weighted by Gasteiger charge is -2.06. The van der Waals surface area contributed by atoms with Crippen LogP contribution in [0.4, 0.5) is 0 Å². The molecule has 2 N–H and O–H groups in total. The van der Waals surface area contributed by atoms with Crippen LogP contribution >= 0.6 is 22.7 Å². The lowest BCUT2D eigenvalue weighted by atomic mass is 10.1. The Morgan fingerprint density at radius 3 is 3.06 bits per heavy atom. The SMILES string of the molecule is NC(Cc1cn2ccsc2n1)c1cccs1. The highest BCUT2D eigenvalue weighted by atomic mass is 32.1. The number of thiophene rings is 1. The lowest BCUT2D eigenvalue weighted by molar-refractivity contribution is 0.724. The van der Waals surface area contributed by atoms with Crippen LogP contribution in [0.5, 0.6) is 0 Å². The quantitative estimate of drug-likeness (QED) is 0.775. The first-order valence-electron chi connectivity index (χ1n) is 5.03. The maximum absolute atomic E-state index is 6.13. The van der Waals surface area contributed by atoms with Crippen LogP contribution in [0.3, 0.4) is 0 Å². The summed E-state index contributed by atoms with van der Waals surface area (Å²) >= 11 is 3.35. The molecule has 0 radical (unpaired) electrons. The van der Waals surface area contributed by atoms with Gasteiger partial charge in [0.05, 0.1) is 5.69 Å². The van der Waals surface area contributed by atoms with Gasteiger partial charge in [0, 0.05) is 35.1 Å². The Morgan fingerprint density at radius 2 is 2.31 bits per heavy atom. The van der Waals surface area contributed by atoms with Gasteiger partial charge < -0.3 is 5.73 Å². The lowest BCUT2D eigenvalue weighted by Crippen LogP contribution is -2.11. The van der Waals surface area contributed by atoms with E-state index in [-0.39, 0.29) is 6.04 Å². The highest BCUT2D eigenvalue weighted by molar-refractivity contribution is 7.15. The zero-order chi connectivity index (χ0) is 11.0. The Kier molecular flexibility index (Phi) is 2.51. The maximum atomic E-state index is 6.13. The van der Waals surface area contributed by atoms with Gasteiger partial charge in [-0.1, -0.05) is 6.07 Å². The van der Waals surface area contributed by atoms with Crippen molar-refractivity contribution in [2.24, 2.45) is 5.73 Å². The van der Waals surface area contributed by atoms with Gasteiger partial charge in [0.1, 0.15) is 0 Å². The fourth-order valence-corrected chi connectivity index (χ4v) is 3.15. The van der Waals surface area contributed by atoms with Gasteiger partial charge in [-0.15, -0.1) is 22.7 Å². The van der Waals surface area contributed by atoms with E-state index in [1.54, 1.807) is 22.7 Å². The van der Waals surface area contributed by atoms with Gasteiger partial charge in [0.25, 0.3) is 0 Å². The molecule has 1 atom stereocenters. The molecule has 1 unspecified atom stereocenters. The van der Waals surface area contributed by atoms with Gasteiger partial charge in [-0.05, 0) is 11.4 Å². The second-order valence-corrected chi connectivity index (χ2v) is 5.50. The van der Waals surface area contributed by atoms with Crippen molar-refractivity contribution in [3.63, 3.8) is 0 Å². The summed E-state index contributed by atoms with van der Waals surface area (Å²) in [5, 5.41) is 4.09. The first-order chi connectivity index (χ1) is 7.83. The topological polar surface area (TPSA) is 43.3 Å². The van der Waals surface area contributed by atoms with E-state index in [1.807, 2.05) is 22.0 Å². The minimum Gasteiger partial charge on any atom is -0.323 e. The van der Waals surface area contributed by atoms with Crippen LogP contribution in [0.25, 0.3) is 4.96 Å². The van der Waals surface area contributed by atoms with E-state index >= 15 is 0 Å². The Labute approximate surface area is 101 Å². The molecule has 3 heterocycles. The number of fused-ring (bicyclic) bond motifs is 1. The Balaban J connectivity index is 1.82. The average molecular weight is 249 g/mol. The summed E-state index contributed by atoms with van der Waals surface area (Å²) in [4.78, 5) is 6.78. The van der Waals surface area contributed by atoms with Crippen LogP contribution in [0.2, 0.25) is 0 Å². The molecule has 0 saturated heterocycles. The summed E-state index contributed by atoms with van der Waals surface area (Å²) in [7, 11) is 0. The summed E-state index contributed by atoms with van der Waals surface area (Å²) in [5.74, 6) is 0. The van der Waals surface area contributed by atoms with E-state index in [4.69, 9.17) is 5.73 Å². The minimum absolute atomic E-state index is 0.0598. The van der Waals surface area contributed by atoms with Crippen LogP contribution in [-0.4, -0.2) is 9.38 Å². The summed E-state index contributed by atoms with van der Waals surface area (Å²) in [6.07, 6.45) is 4.88. The van der Waals surface area contributed by atoms with Crippen LogP contribution in [0.15, 0.2) is 35.3 Å². The highest BCUT2D eigenvalue weighted by Gasteiger charge is 2.10. The smallest absolute Gasteiger partial charge is 0.193 e. The molecule has 0 aliphatic heterocycles. The van der Waals surface area contributed by atoms with Gasteiger partial charge in [0.15, 0.2) is 4.96 Å². The third-order valence-electron chi connectivity index (χ3n) is 2.48. The van der Waals surface area contributed by atoms with Crippen LogP contribution in [-0.2, 0) is 6.42 Å². The molecule has 0 fully saturated rings. The number of thiazole rings is 1. The molecular weight excluding hydrogens is 238 g/mol. The van der Waals surface area contributed by atoms with Crippen molar-refractivity contribution in [2.75, 3.05) is 0 Å². The standard InChI is InChI=1S/C11H11N3S2/c12-9(10-2-1-4-15-10)6-8-7-14-3-5-16-11(14)13-8/h1-5,7,9H,6,12H2. The van der Waals surface area contributed by atoms with Gasteiger partial charge in [-0.2, -0.15) is 0 Å². The van der Waals surface area contributed by atoms with E-state index in [2.05, 4.69) is 22.6 Å². The molecule has 0 aromatic carbocycles. The predicted molar refractivity (Wildman–Crippen MR) is 68.0 cm³/mol. The molecule has 3 nitrogen and oxygen atoms in total. The number of imidazole rings is 1. The second kappa shape index (κ2) is 4.01. The fourth-order valence-electron chi connectivity index (χ4n) is 1.70. The molecule has 3 aromatic heterocycles. The monoisotopic (exact) mass is 249 g/mol. The highest BCUT2D eigenvalue weighted by Crippen LogP contribution is 2.21. The summed E-state index contributed by atoms with van der Waals surface area (Å²) in [6.45, 7) is 0. The number of nitrogens with zero attached hydrogens (tertiary/aromatic N) is 2. The maximum Gasteiger partial charge on any atom is 0.193 e. The second-order valence-electron chi connectivity index (χ2n) is 3.65. The minimum atomic E-state index is 0.0598. The first-order valence-corrected chi connectivity index (χ1v) is 6.79. The van der Waals surface area contributed by atoms with Crippen molar-refractivity contribution in [1.29, 1.82) is 0 Å². The van der Waals surface area contributed by atoms with E-state index in [0.29, 0.717) is 0 Å². The summed E-state index contributed by atoms with van der Waals surface area (Å²) in [6, 6.07) is 4.17. The molecule has 5 heteroatoms. The van der Waals surface area contributed by atoms with Crippen LogP contribution in [0.1, 0.15) is 16.6 Å². The molecule has 0 saturated carbocycles. The average Bonchev–Trinajstić information content (AvgIpc) is 2.91. The van der Waals surface area contributed by atoms with Crippen LogP contribution < -0.4 is 5.73 Å². The molecule has 82 valence electrons. The van der Waals surface area contributed by atoms with Crippen molar-refractivity contribution >= 4 is 27.6 Å². The van der Waals surface area contributed by atoms with E-state index in [0.717, 1.165) is 17.1 Å². The molecule has 0 aliphatic carbocycles. The molecule has 3 aromatic rings. The molecule has 0 spiro atoms. The van der Waals surface area contributed by atoms with Crippen molar-refractivity contribution in [3.8, 4) is 0 Å². The van der Waals surface area contributed by atoms with Crippen molar-refractivity contribution < 1.29 is 0 Å². The predicted octanol–water partition coefficient (Wildman–Crippen LogP) is 2.70. The number of rotatable bonds is 3. The molecule has 16 heavy (non-hydrogen) atoms. The Bertz CT molecular complexity index is 551. The molecular formula is C11H11N3S2. The third-order valence-corrected chi connectivity index (χ3v) is 4.26. The van der Waals surface area contributed by atoms with Gasteiger partial charge in [0.2, 0.25) is 0 Å². The van der Waals surface area contributed by atoms with Gasteiger partial charge >= 0.3 is 0 Å². The zero-order valence-electron chi connectivity index (χ0n) is 8.54. The zero-order valence-corrected chi connectivity index (χ0v) is 10.2. The Morgan fingerprint density at radius 1 is 1.38 bits per heavy atom. The number of hydrogen-bond donors (Lipinski definition) is 1. The van der Waals surface area contributed by atoms with Crippen molar-refractivity contribution in [2.45, 2.75) is 12.5 Å². The summed E-state index contributed by atoms with van der Waals surface area (Å²) in [5.41, 5.74) is 7.19. The van der Waals surface area contributed by atoms with Crippen molar-refractivity contribution in [3.05, 3.63) is 45.9 Å². The molecule has 0 bridgehead atoms. The number of nitrogens with two attached hydrogens (primary N) is 1. The number of hydrogen-bond acceptors (Lipinski definition) is 4. The molecule has 0 amide bonds. The van der Waals surface area contributed by atoms with Gasteiger partial charge in [-0.25, -0.2) is 4.98 Å². The summed E-state index contributed by atoms with van der Waals surface area (Å²) < 4.78 is 2.04. The third kappa shape index (κ3) is 1.77. The molecule has 0 aliphatic rings. The largest absolute Gasteiger partial charge is 0.323 e. The van der Waals surface area contributed by atoms with E-state index in [1.165, 1.54) is 4.88 Å². The fraction of sp³-hybridized carbons (Fsp3) is 0.182. The molecule has 3 rings (SSSR count). The number of aromatic nitrogens is 2. The van der Waals surface area contributed by atoms with E-state index < -0.39 is 0 Å². The van der Waals surface area contributed by atoms with E-state index in [9.17, 15) is 0 Å².